The lowest BCUT2D eigenvalue weighted by molar-refractivity contribution is -0.156. The molecule has 1 atom stereocenters. The number of carbonyl (C=O) groups excluding carboxylic acids is 2. The smallest absolute Gasteiger partial charge is 0.449 e. The van der Waals surface area contributed by atoms with Crippen LogP contribution in [0.3, 0.4) is 0 Å². The van der Waals surface area contributed by atoms with Gasteiger partial charge in [0.05, 0.1) is 11.0 Å². The molecule has 1 amide bonds. The molecule has 0 spiro atoms. The lowest BCUT2D eigenvalue weighted by atomic mass is 10.2. The second-order valence-electron chi connectivity index (χ2n) is 6.59. The number of benzene rings is 2. The average molecular weight is 423 g/mol. The lowest BCUT2D eigenvalue weighted by Gasteiger charge is -2.15. The molecule has 0 bridgehead atoms. The Labute approximate surface area is 168 Å². The monoisotopic (exact) mass is 423 g/mol. The van der Waals surface area contributed by atoms with Crippen LogP contribution >= 0.6 is 0 Å². The largest absolute Gasteiger partial charge is 0.451 e. The van der Waals surface area contributed by atoms with E-state index in [0.717, 1.165) is 6.07 Å². The van der Waals surface area contributed by atoms with Crippen molar-refractivity contribution in [1.82, 2.24) is 9.55 Å². The molecular weight excluding hydrogens is 406 g/mol. The van der Waals surface area contributed by atoms with E-state index < -0.39 is 42.3 Å². The number of nitrogens with one attached hydrogen (secondary N) is 1. The third kappa shape index (κ3) is 4.58. The molecule has 0 saturated carbocycles. The Morgan fingerprint density at radius 1 is 1.20 bits per heavy atom. The van der Waals surface area contributed by atoms with Crippen molar-refractivity contribution in [2.45, 2.75) is 32.7 Å². The van der Waals surface area contributed by atoms with E-state index in [1.807, 2.05) is 0 Å². The number of halogens is 4. The van der Waals surface area contributed by atoms with Crippen molar-refractivity contribution in [2.24, 2.45) is 0 Å². The molecule has 30 heavy (non-hydrogen) atoms. The summed E-state index contributed by atoms with van der Waals surface area (Å²) in [6.45, 7) is 2.03. The van der Waals surface area contributed by atoms with E-state index >= 15 is 0 Å². The van der Waals surface area contributed by atoms with Crippen molar-refractivity contribution in [1.29, 1.82) is 0 Å². The third-order valence-electron chi connectivity index (χ3n) is 4.31. The third-order valence-corrected chi connectivity index (χ3v) is 4.31. The van der Waals surface area contributed by atoms with E-state index in [2.05, 4.69) is 10.3 Å². The summed E-state index contributed by atoms with van der Waals surface area (Å²) in [5.74, 6) is -3.57. The number of imidazole rings is 1. The molecule has 6 nitrogen and oxygen atoms in total. The van der Waals surface area contributed by atoms with Gasteiger partial charge in [0, 0.05) is 5.69 Å². The molecule has 1 aromatic heterocycles. The van der Waals surface area contributed by atoms with Crippen LogP contribution in [-0.4, -0.2) is 27.5 Å². The van der Waals surface area contributed by atoms with E-state index in [1.54, 1.807) is 6.92 Å². The van der Waals surface area contributed by atoms with E-state index in [0.29, 0.717) is 10.1 Å². The van der Waals surface area contributed by atoms with Gasteiger partial charge in [0.1, 0.15) is 12.4 Å². The molecule has 3 rings (SSSR count). The Bertz CT molecular complexity index is 1110. The normalized spacial score (nSPS) is 12.6. The number of amides is 1. The number of aromatic nitrogens is 2. The minimum atomic E-state index is -4.78. The zero-order valence-corrected chi connectivity index (χ0v) is 16.0. The van der Waals surface area contributed by atoms with Gasteiger partial charge in [-0.15, -0.1) is 0 Å². The Kier molecular flexibility index (Phi) is 5.77. The number of aryl methyl sites for hydroxylation is 1. The minimum Gasteiger partial charge on any atom is -0.451 e. The van der Waals surface area contributed by atoms with Crippen LogP contribution in [0.25, 0.3) is 11.0 Å². The number of rotatable bonds is 5. The van der Waals surface area contributed by atoms with Gasteiger partial charge < -0.3 is 14.6 Å². The van der Waals surface area contributed by atoms with Gasteiger partial charge in [0.15, 0.2) is 6.10 Å². The molecule has 0 aliphatic rings. The van der Waals surface area contributed by atoms with Crippen molar-refractivity contribution < 1.29 is 31.9 Å². The molecule has 0 aliphatic heterocycles. The molecule has 1 unspecified atom stereocenters. The van der Waals surface area contributed by atoms with Gasteiger partial charge in [-0.05, 0) is 43.7 Å². The topological polar surface area (TPSA) is 73.2 Å². The standard InChI is InChI=1S/C20H17F4N3O3/c1-11-7-8-13(9-14(11)21)25-18(29)12(2)30-17(28)10-27-16-6-4-3-5-15(16)26-19(27)20(22,23)24/h3-9,12H,10H2,1-2H3,(H,25,29). The summed E-state index contributed by atoms with van der Waals surface area (Å²) in [5, 5.41) is 2.38. The second kappa shape index (κ2) is 8.13. The number of ether oxygens (including phenoxy) is 1. The first-order chi connectivity index (χ1) is 14.1. The summed E-state index contributed by atoms with van der Waals surface area (Å²) in [7, 11) is 0. The molecule has 1 N–H and O–H groups in total. The van der Waals surface area contributed by atoms with Gasteiger partial charge in [0.2, 0.25) is 5.82 Å². The van der Waals surface area contributed by atoms with Gasteiger partial charge in [-0.2, -0.15) is 13.2 Å². The lowest BCUT2D eigenvalue weighted by Crippen LogP contribution is -2.31. The van der Waals surface area contributed by atoms with E-state index in [-0.39, 0.29) is 16.7 Å². The zero-order valence-electron chi connectivity index (χ0n) is 16.0. The highest BCUT2D eigenvalue weighted by Gasteiger charge is 2.38. The number of carbonyl (C=O) groups is 2. The van der Waals surface area contributed by atoms with Gasteiger partial charge in [0.25, 0.3) is 5.91 Å². The van der Waals surface area contributed by atoms with Crippen LogP contribution in [0.4, 0.5) is 23.2 Å². The zero-order chi connectivity index (χ0) is 22.1. The molecule has 158 valence electrons. The van der Waals surface area contributed by atoms with Crippen molar-refractivity contribution in [3.8, 4) is 0 Å². The summed E-state index contributed by atoms with van der Waals surface area (Å²) >= 11 is 0. The fourth-order valence-electron chi connectivity index (χ4n) is 2.78. The number of alkyl halides is 3. The number of hydrogen-bond donors (Lipinski definition) is 1. The van der Waals surface area contributed by atoms with Crippen LogP contribution in [0.15, 0.2) is 42.5 Å². The van der Waals surface area contributed by atoms with E-state index in [9.17, 15) is 27.2 Å². The SMILES string of the molecule is Cc1ccc(NC(=O)C(C)OC(=O)Cn2c(C(F)(F)F)nc3ccccc32)cc1F. The fourth-order valence-corrected chi connectivity index (χ4v) is 2.78. The number of fused-ring (bicyclic) bond motifs is 1. The van der Waals surface area contributed by atoms with Crippen molar-refractivity contribution in [2.75, 3.05) is 5.32 Å². The highest BCUT2D eigenvalue weighted by atomic mass is 19.4. The maximum absolute atomic E-state index is 13.6. The van der Waals surface area contributed by atoms with Crippen molar-refractivity contribution in [3.05, 3.63) is 59.7 Å². The van der Waals surface area contributed by atoms with Crippen molar-refractivity contribution in [3.63, 3.8) is 0 Å². The summed E-state index contributed by atoms with van der Waals surface area (Å²) in [6.07, 6.45) is -6.09. The number of hydrogen-bond acceptors (Lipinski definition) is 4. The summed E-state index contributed by atoms with van der Waals surface area (Å²) in [6, 6.07) is 9.87. The summed E-state index contributed by atoms with van der Waals surface area (Å²) in [5.41, 5.74) is 0.727. The summed E-state index contributed by atoms with van der Waals surface area (Å²) < 4.78 is 59.1. The summed E-state index contributed by atoms with van der Waals surface area (Å²) in [4.78, 5) is 27.9. The molecule has 0 radical (unpaired) electrons. The Hall–Kier alpha value is -3.43. The molecule has 10 heteroatoms. The number of nitrogens with zero attached hydrogens (tertiary/aromatic N) is 2. The molecule has 0 saturated heterocycles. The van der Waals surface area contributed by atoms with Gasteiger partial charge in [-0.1, -0.05) is 18.2 Å². The predicted molar refractivity (Wildman–Crippen MR) is 100 cm³/mol. The predicted octanol–water partition coefficient (Wildman–Crippen LogP) is 4.07. The minimum absolute atomic E-state index is 0.0739. The number of esters is 1. The van der Waals surface area contributed by atoms with Crippen LogP contribution in [0.5, 0.6) is 0 Å². The molecular formula is C20H17F4N3O3. The van der Waals surface area contributed by atoms with Gasteiger partial charge in [-0.25, -0.2) is 9.37 Å². The highest BCUT2D eigenvalue weighted by molar-refractivity contribution is 5.95. The first-order valence-electron chi connectivity index (χ1n) is 8.85. The van der Waals surface area contributed by atoms with Crippen LogP contribution < -0.4 is 5.32 Å². The number of anilines is 1. The first-order valence-corrected chi connectivity index (χ1v) is 8.85. The Morgan fingerprint density at radius 3 is 2.57 bits per heavy atom. The second-order valence-corrected chi connectivity index (χ2v) is 6.59. The maximum atomic E-state index is 13.6. The quantitative estimate of drug-likeness (QED) is 0.496. The number of para-hydroxylation sites is 2. The van der Waals surface area contributed by atoms with Gasteiger partial charge >= 0.3 is 12.1 Å². The molecule has 0 aliphatic carbocycles. The average Bonchev–Trinajstić information content (AvgIpc) is 3.03. The van der Waals surface area contributed by atoms with Crippen molar-refractivity contribution >= 4 is 28.6 Å². The Morgan fingerprint density at radius 2 is 1.90 bits per heavy atom. The maximum Gasteiger partial charge on any atom is 0.449 e. The molecule has 2 aromatic carbocycles. The van der Waals surface area contributed by atoms with Crippen LogP contribution in [0, 0.1) is 12.7 Å². The van der Waals surface area contributed by atoms with E-state index in [1.165, 1.54) is 43.3 Å². The molecule has 3 aromatic rings. The van der Waals surface area contributed by atoms with Crippen LogP contribution in [0.2, 0.25) is 0 Å². The van der Waals surface area contributed by atoms with Crippen LogP contribution in [0.1, 0.15) is 18.3 Å². The first kappa shape index (κ1) is 21.3. The highest BCUT2D eigenvalue weighted by Crippen LogP contribution is 2.31. The van der Waals surface area contributed by atoms with Gasteiger partial charge in [-0.3, -0.25) is 9.59 Å². The van der Waals surface area contributed by atoms with E-state index in [4.69, 9.17) is 4.74 Å². The molecule has 1 heterocycles. The fraction of sp³-hybridized carbons (Fsp3) is 0.250. The molecule has 0 fully saturated rings. The Balaban J connectivity index is 1.72. The van der Waals surface area contributed by atoms with Crippen LogP contribution in [-0.2, 0) is 27.0 Å².